The van der Waals surface area contributed by atoms with Crippen LogP contribution in [-0.4, -0.2) is 21.9 Å². The fourth-order valence-corrected chi connectivity index (χ4v) is 5.82. The molecule has 3 fully saturated rings. The summed E-state index contributed by atoms with van der Waals surface area (Å²) in [4.78, 5) is 0. The summed E-state index contributed by atoms with van der Waals surface area (Å²) >= 11 is 0. The summed E-state index contributed by atoms with van der Waals surface area (Å²) < 4.78 is 0. The molecule has 3 aliphatic rings. The van der Waals surface area contributed by atoms with Gasteiger partial charge < -0.3 is 10.2 Å². The van der Waals surface area contributed by atoms with Gasteiger partial charge in [-0.05, 0) is 61.2 Å². The van der Waals surface area contributed by atoms with Crippen molar-refractivity contribution in [3.8, 4) is 0 Å². The van der Waals surface area contributed by atoms with Crippen molar-refractivity contribution in [1.29, 1.82) is 0 Å². The van der Waals surface area contributed by atoms with Crippen LogP contribution in [0.2, 0.25) is 0 Å². The highest BCUT2D eigenvalue weighted by molar-refractivity contribution is 5.18. The highest BCUT2D eigenvalue weighted by atomic mass is 16.3. The Morgan fingerprint density at radius 3 is 2.35 bits per heavy atom. The monoisotopic (exact) mass is 238 g/mol. The van der Waals surface area contributed by atoms with Gasteiger partial charge in [-0.25, -0.2) is 0 Å². The Balaban J connectivity index is 2.07. The summed E-state index contributed by atoms with van der Waals surface area (Å²) in [7, 11) is 0. The molecular weight excluding hydrogens is 212 g/mol. The fraction of sp³-hybridized carbons (Fsp3) is 1.00. The van der Waals surface area contributed by atoms with Crippen LogP contribution >= 0.6 is 0 Å². The minimum atomic E-state index is -0.496. The van der Waals surface area contributed by atoms with Gasteiger partial charge in [0.15, 0.2) is 0 Å². The minimum absolute atomic E-state index is 0.122. The molecule has 3 saturated carbocycles. The van der Waals surface area contributed by atoms with E-state index in [1.807, 2.05) is 6.92 Å². The van der Waals surface area contributed by atoms with E-state index in [1.165, 1.54) is 0 Å². The maximum atomic E-state index is 10.6. The van der Waals surface area contributed by atoms with Crippen LogP contribution in [0.4, 0.5) is 0 Å². The van der Waals surface area contributed by atoms with Crippen LogP contribution in [0.25, 0.3) is 0 Å². The second-order valence-electron chi connectivity index (χ2n) is 7.81. The number of aliphatic hydroxyl groups excluding tert-OH is 1. The van der Waals surface area contributed by atoms with Crippen LogP contribution in [0.1, 0.15) is 53.4 Å². The Kier molecular flexibility index (Phi) is 2.17. The van der Waals surface area contributed by atoms with E-state index in [-0.39, 0.29) is 11.5 Å². The van der Waals surface area contributed by atoms with E-state index in [1.54, 1.807) is 0 Å². The summed E-state index contributed by atoms with van der Waals surface area (Å²) in [6.45, 7) is 8.88. The third-order valence-electron chi connectivity index (χ3n) is 6.88. The molecular formula is C15H26O2. The topological polar surface area (TPSA) is 40.5 Å². The highest BCUT2D eigenvalue weighted by Crippen LogP contribution is 2.73. The van der Waals surface area contributed by atoms with Crippen LogP contribution in [0, 0.1) is 28.6 Å². The van der Waals surface area contributed by atoms with Crippen LogP contribution in [-0.2, 0) is 0 Å². The minimum Gasteiger partial charge on any atom is -0.393 e. The number of hydrogen-bond acceptors (Lipinski definition) is 2. The maximum absolute atomic E-state index is 10.6. The Hall–Kier alpha value is -0.0800. The fourth-order valence-electron chi connectivity index (χ4n) is 5.82. The van der Waals surface area contributed by atoms with Crippen molar-refractivity contribution in [3.05, 3.63) is 0 Å². The predicted molar refractivity (Wildman–Crippen MR) is 67.5 cm³/mol. The molecule has 2 heteroatoms. The second-order valence-corrected chi connectivity index (χ2v) is 7.81. The number of rotatable bonds is 0. The molecule has 0 saturated heterocycles. The third kappa shape index (κ3) is 1.24. The van der Waals surface area contributed by atoms with E-state index in [4.69, 9.17) is 0 Å². The third-order valence-corrected chi connectivity index (χ3v) is 6.88. The summed E-state index contributed by atoms with van der Waals surface area (Å²) in [5.41, 5.74) is -0.00861. The summed E-state index contributed by atoms with van der Waals surface area (Å²) in [6, 6.07) is 0. The van der Waals surface area contributed by atoms with Crippen molar-refractivity contribution in [2.24, 2.45) is 28.6 Å². The second kappa shape index (κ2) is 3.08. The van der Waals surface area contributed by atoms with Crippen molar-refractivity contribution in [3.63, 3.8) is 0 Å². The van der Waals surface area contributed by atoms with Gasteiger partial charge in [0.1, 0.15) is 0 Å². The Morgan fingerprint density at radius 2 is 1.71 bits per heavy atom. The quantitative estimate of drug-likeness (QED) is 0.681. The zero-order chi connectivity index (χ0) is 12.6. The van der Waals surface area contributed by atoms with Crippen molar-refractivity contribution in [2.45, 2.75) is 65.1 Å². The zero-order valence-corrected chi connectivity index (χ0v) is 11.5. The molecule has 0 aromatic carbocycles. The molecule has 6 atom stereocenters. The van der Waals surface area contributed by atoms with Crippen molar-refractivity contribution in [2.75, 3.05) is 0 Å². The van der Waals surface area contributed by atoms with Gasteiger partial charge in [0.2, 0.25) is 0 Å². The van der Waals surface area contributed by atoms with Crippen LogP contribution in [0.3, 0.4) is 0 Å². The van der Waals surface area contributed by atoms with Crippen LogP contribution in [0.5, 0.6) is 0 Å². The first-order valence-electron chi connectivity index (χ1n) is 7.12. The van der Waals surface area contributed by atoms with Gasteiger partial charge in [0.05, 0.1) is 11.7 Å². The van der Waals surface area contributed by atoms with Crippen molar-refractivity contribution >= 4 is 0 Å². The molecule has 0 unspecified atom stereocenters. The van der Waals surface area contributed by atoms with Crippen molar-refractivity contribution in [1.82, 2.24) is 0 Å². The molecule has 0 heterocycles. The molecule has 3 rings (SSSR count). The van der Waals surface area contributed by atoms with E-state index in [9.17, 15) is 10.2 Å². The predicted octanol–water partition coefficient (Wildman–Crippen LogP) is 2.58. The van der Waals surface area contributed by atoms with Gasteiger partial charge in [-0.3, -0.25) is 0 Å². The van der Waals surface area contributed by atoms with Crippen LogP contribution in [0.15, 0.2) is 0 Å². The number of aliphatic hydroxyl groups is 2. The number of fused-ring (bicyclic) bond motifs is 1. The first kappa shape index (κ1) is 12.0. The van der Waals surface area contributed by atoms with Gasteiger partial charge in [0, 0.05) is 0 Å². The van der Waals surface area contributed by atoms with E-state index >= 15 is 0 Å². The average Bonchev–Trinajstić information content (AvgIpc) is 2.58. The molecule has 17 heavy (non-hydrogen) atoms. The molecule has 0 aromatic heterocycles. The smallest absolute Gasteiger partial charge is 0.0653 e. The Morgan fingerprint density at radius 1 is 1.06 bits per heavy atom. The molecule has 0 aliphatic heterocycles. The lowest BCUT2D eigenvalue weighted by atomic mass is 9.64. The van der Waals surface area contributed by atoms with Gasteiger partial charge >= 0.3 is 0 Å². The lowest BCUT2D eigenvalue weighted by Gasteiger charge is -2.44. The molecule has 98 valence electrons. The van der Waals surface area contributed by atoms with Gasteiger partial charge in [-0.2, -0.15) is 0 Å². The lowest BCUT2D eigenvalue weighted by Crippen LogP contribution is -2.45. The summed E-state index contributed by atoms with van der Waals surface area (Å²) in [6.07, 6.45) is 3.96. The lowest BCUT2D eigenvalue weighted by molar-refractivity contribution is -0.0790. The van der Waals surface area contributed by atoms with E-state index in [2.05, 4.69) is 20.8 Å². The first-order chi connectivity index (χ1) is 7.72. The first-order valence-corrected chi connectivity index (χ1v) is 7.12. The largest absolute Gasteiger partial charge is 0.393 e. The van der Waals surface area contributed by atoms with E-state index in [0.717, 1.165) is 25.7 Å². The Labute approximate surface area is 104 Å². The molecule has 0 amide bonds. The van der Waals surface area contributed by atoms with Gasteiger partial charge in [-0.15, -0.1) is 0 Å². The van der Waals surface area contributed by atoms with Crippen LogP contribution < -0.4 is 0 Å². The molecule has 0 aromatic rings. The average molecular weight is 238 g/mol. The normalized spacial score (nSPS) is 60.4. The zero-order valence-electron chi connectivity index (χ0n) is 11.5. The molecule has 2 nitrogen and oxygen atoms in total. The standard InChI is InChI=1S/C15H26O2/c1-9-10(16)7-11-13(2,3)12-8-15(9,11)6-5-14(12,4)17/h9-12,16-17H,5-8H2,1-4H3/t9-,10-,11+,12-,14-,15+/m1/s1. The molecule has 3 aliphatic carbocycles. The van der Waals surface area contributed by atoms with Gasteiger partial charge in [0.25, 0.3) is 0 Å². The molecule has 0 radical (unpaired) electrons. The maximum Gasteiger partial charge on any atom is 0.0653 e. The Bertz CT molecular complexity index is 347. The summed E-state index contributed by atoms with van der Waals surface area (Å²) in [5, 5.41) is 20.8. The van der Waals surface area contributed by atoms with E-state index < -0.39 is 5.60 Å². The highest BCUT2D eigenvalue weighted by Gasteiger charge is 2.69. The number of hydrogen-bond donors (Lipinski definition) is 2. The molecule has 2 bridgehead atoms. The molecule has 2 N–H and O–H groups in total. The summed E-state index contributed by atoms with van der Waals surface area (Å²) in [5.74, 6) is 1.41. The molecule has 1 spiro atoms. The van der Waals surface area contributed by atoms with E-state index in [0.29, 0.717) is 23.2 Å². The van der Waals surface area contributed by atoms with Crippen molar-refractivity contribution < 1.29 is 10.2 Å². The SMILES string of the molecule is C[C@@H]1[C@H](O)C[C@H]2C(C)(C)[C@H]3C[C@@]12CC[C@@]3(C)O. The van der Waals surface area contributed by atoms with Gasteiger partial charge in [-0.1, -0.05) is 20.8 Å².